The molecule has 23 heavy (non-hydrogen) atoms. The molecule has 2 heteroatoms. The lowest BCUT2D eigenvalue weighted by molar-refractivity contribution is 0.306. The summed E-state index contributed by atoms with van der Waals surface area (Å²) in [5, 5.41) is 2.27. The first-order chi connectivity index (χ1) is 11.4. The van der Waals surface area contributed by atoms with Gasteiger partial charge in [0.25, 0.3) is 0 Å². The van der Waals surface area contributed by atoms with E-state index in [0.29, 0.717) is 18.9 Å². The zero-order chi connectivity index (χ0) is 15.9. The van der Waals surface area contributed by atoms with Crippen molar-refractivity contribution in [3.63, 3.8) is 0 Å². The molecule has 114 valence electrons. The van der Waals surface area contributed by atoms with Crippen LogP contribution in [-0.4, -0.2) is 5.88 Å². The second-order valence-corrected chi connectivity index (χ2v) is 5.55. The standard InChI is InChI=1S/C21H17ClO/c22-15-7-6-12-20-19-11-5-4-10-18(19)13-14-21(20)23-16-17-8-2-1-3-9-17/h1-5,8-11,13-14H,7,15-16H2. The molecule has 0 amide bonds. The van der Waals surface area contributed by atoms with Crippen molar-refractivity contribution in [1.82, 2.24) is 0 Å². The maximum absolute atomic E-state index is 6.03. The maximum atomic E-state index is 6.03. The van der Waals surface area contributed by atoms with Gasteiger partial charge < -0.3 is 4.74 Å². The molecule has 0 unspecified atom stereocenters. The average molecular weight is 321 g/mol. The van der Waals surface area contributed by atoms with Crippen LogP contribution in [0, 0.1) is 11.8 Å². The van der Waals surface area contributed by atoms with Gasteiger partial charge >= 0.3 is 0 Å². The van der Waals surface area contributed by atoms with Gasteiger partial charge in [-0.3, -0.25) is 0 Å². The number of fused-ring (bicyclic) bond motifs is 1. The van der Waals surface area contributed by atoms with E-state index in [2.05, 4.69) is 42.2 Å². The molecule has 0 saturated heterocycles. The van der Waals surface area contributed by atoms with Crippen molar-refractivity contribution in [3.05, 3.63) is 77.9 Å². The predicted molar refractivity (Wildman–Crippen MR) is 96.9 cm³/mol. The number of rotatable bonds is 4. The van der Waals surface area contributed by atoms with Crippen LogP contribution >= 0.6 is 11.6 Å². The van der Waals surface area contributed by atoms with Crippen LogP contribution in [0.3, 0.4) is 0 Å². The molecule has 3 aromatic carbocycles. The Morgan fingerprint density at radius 2 is 1.65 bits per heavy atom. The van der Waals surface area contributed by atoms with Crippen molar-refractivity contribution in [2.24, 2.45) is 0 Å². The number of benzene rings is 3. The lowest BCUT2D eigenvalue weighted by atomic mass is 10.0. The van der Waals surface area contributed by atoms with Crippen LogP contribution in [-0.2, 0) is 6.61 Å². The molecule has 0 aromatic heterocycles. The van der Waals surface area contributed by atoms with Gasteiger partial charge in [0, 0.05) is 17.7 Å². The Kier molecular flexibility index (Phi) is 5.19. The summed E-state index contributed by atoms with van der Waals surface area (Å²) in [4.78, 5) is 0. The summed E-state index contributed by atoms with van der Waals surface area (Å²) in [5.74, 6) is 7.71. The van der Waals surface area contributed by atoms with Crippen molar-refractivity contribution >= 4 is 22.4 Å². The Labute approximate surface area is 141 Å². The van der Waals surface area contributed by atoms with Gasteiger partial charge in [0.1, 0.15) is 12.4 Å². The minimum Gasteiger partial charge on any atom is -0.488 e. The Morgan fingerprint density at radius 3 is 2.48 bits per heavy atom. The first-order valence-electron chi connectivity index (χ1n) is 7.62. The molecule has 0 radical (unpaired) electrons. The Balaban J connectivity index is 1.95. The molecule has 0 heterocycles. The summed E-state index contributed by atoms with van der Waals surface area (Å²) < 4.78 is 6.03. The Morgan fingerprint density at radius 1 is 0.870 bits per heavy atom. The summed E-state index contributed by atoms with van der Waals surface area (Å²) in [6, 6.07) is 22.4. The lowest BCUT2D eigenvalue weighted by Crippen LogP contribution is -1.97. The number of hydrogen-bond acceptors (Lipinski definition) is 1. The van der Waals surface area contributed by atoms with Gasteiger partial charge in [-0.25, -0.2) is 0 Å². The molecule has 3 aromatic rings. The van der Waals surface area contributed by atoms with Crippen molar-refractivity contribution in [2.45, 2.75) is 13.0 Å². The van der Waals surface area contributed by atoms with E-state index in [1.54, 1.807) is 0 Å². The van der Waals surface area contributed by atoms with Gasteiger partial charge in [0.2, 0.25) is 0 Å². The second kappa shape index (κ2) is 7.72. The highest BCUT2D eigenvalue weighted by atomic mass is 35.5. The Hall–Kier alpha value is -2.43. The van der Waals surface area contributed by atoms with Crippen LogP contribution < -0.4 is 4.74 Å². The van der Waals surface area contributed by atoms with Crippen LogP contribution in [0.5, 0.6) is 5.75 Å². The van der Waals surface area contributed by atoms with E-state index in [9.17, 15) is 0 Å². The Bertz CT molecular complexity index is 844. The minimum absolute atomic E-state index is 0.531. The molecule has 0 fully saturated rings. The van der Waals surface area contributed by atoms with E-state index in [1.165, 1.54) is 0 Å². The highest BCUT2D eigenvalue weighted by Crippen LogP contribution is 2.28. The van der Waals surface area contributed by atoms with Crippen LogP contribution in [0.4, 0.5) is 0 Å². The molecule has 1 nitrogen and oxygen atoms in total. The molecular weight excluding hydrogens is 304 g/mol. The van der Waals surface area contributed by atoms with Crippen LogP contribution in [0.1, 0.15) is 17.5 Å². The topological polar surface area (TPSA) is 9.23 Å². The zero-order valence-electron chi connectivity index (χ0n) is 12.8. The molecule has 0 spiro atoms. The molecule has 3 rings (SSSR count). The van der Waals surface area contributed by atoms with Crippen LogP contribution in [0.15, 0.2) is 66.7 Å². The normalized spacial score (nSPS) is 10.1. The highest BCUT2D eigenvalue weighted by Gasteiger charge is 2.07. The van der Waals surface area contributed by atoms with Crippen molar-refractivity contribution in [2.75, 3.05) is 5.88 Å². The summed E-state index contributed by atoms with van der Waals surface area (Å²) in [7, 11) is 0. The lowest BCUT2D eigenvalue weighted by Gasteiger charge is -2.11. The molecule has 0 N–H and O–H groups in total. The van der Waals surface area contributed by atoms with E-state index in [1.807, 2.05) is 36.4 Å². The fraction of sp³-hybridized carbons (Fsp3) is 0.143. The first-order valence-corrected chi connectivity index (χ1v) is 8.15. The molecule has 0 aliphatic carbocycles. The number of halogens is 1. The SMILES string of the molecule is ClCCC#Cc1c(OCc2ccccc2)ccc2ccccc12. The van der Waals surface area contributed by atoms with E-state index < -0.39 is 0 Å². The fourth-order valence-electron chi connectivity index (χ4n) is 2.43. The van der Waals surface area contributed by atoms with Crippen molar-refractivity contribution < 1.29 is 4.74 Å². The molecule has 0 aliphatic rings. The summed E-state index contributed by atoms with van der Waals surface area (Å²) in [5.41, 5.74) is 2.07. The third-order valence-electron chi connectivity index (χ3n) is 3.56. The average Bonchev–Trinajstić information content (AvgIpc) is 2.62. The molecule has 0 aliphatic heterocycles. The van der Waals surface area contributed by atoms with Gasteiger partial charge in [-0.15, -0.1) is 11.6 Å². The largest absolute Gasteiger partial charge is 0.488 e. The van der Waals surface area contributed by atoms with Crippen LogP contribution in [0.25, 0.3) is 10.8 Å². The van der Waals surface area contributed by atoms with Gasteiger partial charge in [-0.2, -0.15) is 0 Å². The van der Waals surface area contributed by atoms with Gasteiger partial charge in [-0.1, -0.05) is 72.5 Å². The minimum atomic E-state index is 0.531. The third-order valence-corrected chi connectivity index (χ3v) is 3.75. The summed E-state index contributed by atoms with van der Waals surface area (Å²) in [6.07, 6.45) is 0.670. The zero-order valence-corrected chi connectivity index (χ0v) is 13.5. The quantitative estimate of drug-likeness (QED) is 0.462. The van der Waals surface area contributed by atoms with Crippen molar-refractivity contribution in [1.29, 1.82) is 0 Å². The van der Waals surface area contributed by atoms with E-state index in [4.69, 9.17) is 16.3 Å². The monoisotopic (exact) mass is 320 g/mol. The van der Waals surface area contributed by atoms with Gasteiger partial charge in [0.15, 0.2) is 0 Å². The summed E-state index contributed by atoms with van der Waals surface area (Å²) in [6.45, 7) is 0.531. The fourth-order valence-corrected chi connectivity index (χ4v) is 2.53. The second-order valence-electron chi connectivity index (χ2n) is 5.17. The molecule has 0 saturated carbocycles. The first kappa shape index (κ1) is 15.5. The van der Waals surface area contributed by atoms with Crippen molar-refractivity contribution in [3.8, 4) is 17.6 Å². The van der Waals surface area contributed by atoms with E-state index in [-0.39, 0.29) is 0 Å². The molecule has 0 bridgehead atoms. The van der Waals surface area contributed by atoms with Crippen LogP contribution in [0.2, 0.25) is 0 Å². The maximum Gasteiger partial charge on any atom is 0.136 e. The summed E-state index contributed by atoms with van der Waals surface area (Å²) >= 11 is 5.73. The van der Waals surface area contributed by atoms with Gasteiger partial charge in [-0.05, 0) is 17.0 Å². The number of hydrogen-bond donors (Lipinski definition) is 0. The third kappa shape index (κ3) is 3.86. The van der Waals surface area contributed by atoms with E-state index in [0.717, 1.165) is 27.6 Å². The number of alkyl halides is 1. The molecule has 0 atom stereocenters. The van der Waals surface area contributed by atoms with Gasteiger partial charge in [0.05, 0.1) is 5.56 Å². The van der Waals surface area contributed by atoms with E-state index >= 15 is 0 Å². The highest BCUT2D eigenvalue weighted by molar-refractivity contribution is 6.18. The smallest absolute Gasteiger partial charge is 0.136 e. The molecular formula is C21H17ClO. The predicted octanol–water partition coefficient (Wildman–Crippen LogP) is 5.40. The number of ether oxygens (including phenoxy) is 1.